The molecule has 0 amide bonds. The van der Waals surface area contributed by atoms with E-state index >= 15 is 0 Å². The fraction of sp³-hybridized carbons (Fsp3) is 0.538. The third-order valence-corrected chi connectivity index (χ3v) is 3.10. The Bertz CT molecular complexity index is 298. The Morgan fingerprint density at radius 3 is 2.53 bits per heavy atom. The predicted octanol–water partition coefficient (Wildman–Crippen LogP) is 3.00. The van der Waals surface area contributed by atoms with Crippen molar-refractivity contribution >= 4 is 0 Å². The van der Waals surface area contributed by atoms with Crippen LogP contribution in [0.2, 0.25) is 0 Å². The van der Waals surface area contributed by atoms with Crippen LogP contribution in [0.1, 0.15) is 25.8 Å². The molecule has 0 saturated carbocycles. The van der Waals surface area contributed by atoms with Gasteiger partial charge in [-0.3, -0.25) is 0 Å². The third kappa shape index (κ3) is 3.31. The van der Waals surface area contributed by atoms with Crippen LogP contribution < -0.4 is 5.32 Å². The van der Waals surface area contributed by atoms with Crippen LogP contribution >= 0.6 is 0 Å². The van der Waals surface area contributed by atoms with Crippen molar-refractivity contribution in [2.45, 2.75) is 32.7 Å². The van der Waals surface area contributed by atoms with Crippen LogP contribution in [0.15, 0.2) is 24.3 Å². The first-order valence-corrected chi connectivity index (χ1v) is 5.59. The first-order chi connectivity index (χ1) is 7.19. The molecule has 1 rings (SSSR count). The van der Waals surface area contributed by atoms with E-state index in [0.29, 0.717) is 12.0 Å². The highest BCUT2D eigenvalue weighted by atomic mass is 19.1. The Hall–Kier alpha value is -0.890. The molecular weight excluding hydrogens is 189 g/mol. The second-order valence-corrected chi connectivity index (χ2v) is 4.08. The van der Waals surface area contributed by atoms with E-state index in [4.69, 9.17) is 0 Å². The summed E-state index contributed by atoms with van der Waals surface area (Å²) in [6.07, 6.45) is 1.87. The lowest BCUT2D eigenvalue weighted by molar-refractivity contribution is 0.382. The average Bonchev–Trinajstić information content (AvgIpc) is 2.27. The smallest absolute Gasteiger partial charge is 0.126 e. The molecule has 0 radical (unpaired) electrons. The molecule has 0 fully saturated rings. The van der Waals surface area contributed by atoms with Crippen molar-refractivity contribution in [3.63, 3.8) is 0 Å². The molecule has 0 aliphatic rings. The molecule has 1 aromatic rings. The molecule has 15 heavy (non-hydrogen) atoms. The Morgan fingerprint density at radius 2 is 2.00 bits per heavy atom. The topological polar surface area (TPSA) is 12.0 Å². The summed E-state index contributed by atoms with van der Waals surface area (Å²) in [6.45, 7) is 4.36. The minimum atomic E-state index is -0.0962. The van der Waals surface area contributed by atoms with Gasteiger partial charge in [-0.1, -0.05) is 38.5 Å². The molecule has 0 aliphatic carbocycles. The van der Waals surface area contributed by atoms with Crippen molar-refractivity contribution in [2.24, 2.45) is 5.92 Å². The van der Waals surface area contributed by atoms with Crippen LogP contribution in [-0.2, 0) is 6.42 Å². The summed E-state index contributed by atoms with van der Waals surface area (Å²) < 4.78 is 13.4. The van der Waals surface area contributed by atoms with E-state index < -0.39 is 0 Å². The maximum absolute atomic E-state index is 13.4. The molecule has 0 aliphatic heterocycles. The number of hydrogen-bond acceptors (Lipinski definition) is 1. The monoisotopic (exact) mass is 209 g/mol. The van der Waals surface area contributed by atoms with E-state index in [1.165, 1.54) is 6.07 Å². The molecule has 0 saturated heterocycles. The molecule has 2 unspecified atom stereocenters. The van der Waals surface area contributed by atoms with Gasteiger partial charge in [-0.2, -0.15) is 0 Å². The molecule has 0 bridgehead atoms. The van der Waals surface area contributed by atoms with Gasteiger partial charge in [0.1, 0.15) is 5.82 Å². The molecule has 1 aromatic carbocycles. The number of benzene rings is 1. The first-order valence-electron chi connectivity index (χ1n) is 5.59. The van der Waals surface area contributed by atoms with Crippen LogP contribution in [0.4, 0.5) is 4.39 Å². The zero-order valence-corrected chi connectivity index (χ0v) is 9.76. The second-order valence-electron chi connectivity index (χ2n) is 4.08. The van der Waals surface area contributed by atoms with Gasteiger partial charge in [-0.25, -0.2) is 4.39 Å². The highest BCUT2D eigenvalue weighted by Gasteiger charge is 2.15. The number of hydrogen-bond donors (Lipinski definition) is 1. The summed E-state index contributed by atoms with van der Waals surface area (Å²) >= 11 is 0. The molecule has 2 atom stereocenters. The molecule has 0 heterocycles. The van der Waals surface area contributed by atoms with Crippen LogP contribution in [-0.4, -0.2) is 13.1 Å². The third-order valence-electron chi connectivity index (χ3n) is 3.10. The number of nitrogens with one attached hydrogen (secondary N) is 1. The minimum Gasteiger partial charge on any atom is -0.316 e. The molecule has 0 aromatic heterocycles. The number of likely N-dealkylation sites (N-methyl/N-ethyl adjacent to an activating group) is 1. The van der Waals surface area contributed by atoms with Gasteiger partial charge in [0.2, 0.25) is 0 Å². The summed E-state index contributed by atoms with van der Waals surface area (Å²) in [7, 11) is 1.94. The van der Waals surface area contributed by atoms with Crippen LogP contribution in [0.25, 0.3) is 0 Å². The maximum atomic E-state index is 13.4. The molecule has 84 valence electrons. The SMILES string of the molecule is CCC(C)C(Cc1ccccc1F)NC. The average molecular weight is 209 g/mol. The van der Waals surface area contributed by atoms with Gasteiger partial charge >= 0.3 is 0 Å². The van der Waals surface area contributed by atoms with Gasteiger partial charge in [0.05, 0.1) is 0 Å². The highest BCUT2D eigenvalue weighted by molar-refractivity contribution is 5.18. The van der Waals surface area contributed by atoms with E-state index in [9.17, 15) is 4.39 Å². The molecule has 0 spiro atoms. The molecule has 1 N–H and O–H groups in total. The van der Waals surface area contributed by atoms with Gasteiger partial charge in [0.15, 0.2) is 0 Å². The maximum Gasteiger partial charge on any atom is 0.126 e. The van der Waals surface area contributed by atoms with Crippen molar-refractivity contribution in [1.29, 1.82) is 0 Å². The first kappa shape index (κ1) is 12.2. The predicted molar refractivity (Wildman–Crippen MR) is 62.4 cm³/mol. The van der Waals surface area contributed by atoms with Crippen LogP contribution in [0.3, 0.4) is 0 Å². The van der Waals surface area contributed by atoms with E-state index in [2.05, 4.69) is 19.2 Å². The van der Waals surface area contributed by atoms with Crippen LogP contribution in [0, 0.1) is 11.7 Å². The Labute approximate surface area is 91.7 Å². The minimum absolute atomic E-state index is 0.0962. The molecular formula is C13H20FN. The highest BCUT2D eigenvalue weighted by Crippen LogP contribution is 2.15. The van der Waals surface area contributed by atoms with E-state index in [1.54, 1.807) is 6.07 Å². The molecule has 1 nitrogen and oxygen atoms in total. The van der Waals surface area contributed by atoms with E-state index in [-0.39, 0.29) is 5.82 Å². The van der Waals surface area contributed by atoms with Crippen molar-refractivity contribution in [2.75, 3.05) is 7.05 Å². The van der Waals surface area contributed by atoms with Crippen molar-refractivity contribution in [3.8, 4) is 0 Å². The fourth-order valence-corrected chi connectivity index (χ4v) is 1.77. The number of rotatable bonds is 5. The van der Waals surface area contributed by atoms with Gasteiger partial charge in [-0.05, 0) is 31.0 Å². The Morgan fingerprint density at radius 1 is 1.33 bits per heavy atom. The lowest BCUT2D eigenvalue weighted by atomic mass is 9.93. The normalized spacial score (nSPS) is 14.9. The Kier molecular flexibility index (Phi) is 4.76. The van der Waals surface area contributed by atoms with Crippen molar-refractivity contribution < 1.29 is 4.39 Å². The summed E-state index contributed by atoms with van der Waals surface area (Å²) in [5.74, 6) is 0.468. The standard InChI is InChI=1S/C13H20FN/c1-4-10(2)13(15-3)9-11-7-5-6-8-12(11)14/h5-8,10,13,15H,4,9H2,1-3H3. The van der Waals surface area contributed by atoms with Gasteiger partial charge in [0.25, 0.3) is 0 Å². The fourth-order valence-electron chi connectivity index (χ4n) is 1.77. The largest absolute Gasteiger partial charge is 0.316 e. The summed E-state index contributed by atoms with van der Waals surface area (Å²) in [6, 6.07) is 7.37. The van der Waals surface area contributed by atoms with E-state index in [0.717, 1.165) is 18.4 Å². The lowest BCUT2D eigenvalue weighted by Crippen LogP contribution is -2.34. The summed E-state index contributed by atoms with van der Waals surface area (Å²) in [4.78, 5) is 0. The van der Waals surface area contributed by atoms with E-state index in [1.807, 2.05) is 19.2 Å². The lowest BCUT2D eigenvalue weighted by Gasteiger charge is -2.22. The summed E-state index contributed by atoms with van der Waals surface area (Å²) in [5, 5.41) is 3.26. The molecule has 2 heteroatoms. The quantitative estimate of drug-likeness (QED) is 0.786. The van der Waals surface area contributed by atoms with Crippen molar-refractivity contribution in [1.82, 2.24) is 5.32 Å². The zero-order valence-electron chi connectivity index (χ0n) is 9.76. The van der Waals surface area contributed by atoms with Crippen molar-refractivity contribution in [3.05, 3.63) is 35.6 Å². The second kappa shape index (κ2) is 5.86. The van der Waals surface area contributed by atoms with Gasteiger partial charge in [-0.15, -0.1) is 0 Å². The zero-order chi connectivity index (χ0) is 11.3. The summed E-state index contributed by atoms with van der Waals surface area (Å²) in [5.41, 5.74) is 0.803. The Balaban J connectivity index is 2.71. The number of halogens is 1. The van der Waals surface area contributed by atoms with Gasteiger partial charge in [0, 0.05) is 6.04 Å². The van der Waals surface area contributed by atoms with Gasteiger partial charge < -0.3 is 5.32 Å². The van der Waals surface area contributed by atoms with Crippen LogP contribution in [0.5, 0.6) is 0 Å².